The quantitative estimate of drug-likeness (QED) is 0.275. The molecule has 30 heavy (non-hydrogen) atoms. The Morgan fingerprint density at radius 1 is 0.867 bits per heavy atom. The molecule has 1 aromatic carbocycles. The van der Waals surface area contributed by atoms with E-state index in [0.717, 1.165) is 30.7 Å². The summed E-state index contributed by atoms with van der Waals surface area (Å²) in [7, 11) is 0. The van der Waals surface area contributed by atoms with Gasteiger partial charge in [0.05, 0.1) is 5.56 Å². The minimum atomic E-state index is -0.375. The van der Waals surface area contributed by atoms with E-state index in [4.69, 9.17) is 0 Å². The maximum atomic E-state index is 14.8. The van der Waals surface area contributed by atoms with Crippen molar-refractivity contribution < 1.29 is 4.39 Å². The molecule has 164 valence electrons. The molecule has 0 N–H and O–H groups in total. The Morgan fingerprint density at radius 2 is 1.57 bits per heavy atom. The predicted octanol–water partition coefficient (Wildman–Crippen LogP) is 8.26. The van der Waals surface area contributed by atoms with E-state index in [1.165, 1.54) is 69.8 Å². The normalized spacial score (nSPS) is 19.2. The second kappa shape index (κ2) is 12.2. The fraction of sp³-hybridized carbons (Fsp3) is 0.630. The lowest BCUT2D eigenvalue weighted by Gasteiger charge is -2.27. The number of rotatable bonds is 11. The molecule has 0 radical (unpaired) electrons. The Kier molecular flexibility index (Phi) is 9.29. The van der Waals surface area contributed by atoms with Crippen LogP contribution in [0.15, 0.2) is 30.5 Å². The summed E-state index contributed by atoms with van der Waals surface area (Å²) in [4.78, 5) is 8.86. The first-order chi connectivity index (χ1) is 14.7. The summed E-state index contributed by atoms with van der Waals surface area (Å²) in [6.45, 7) is 4.50. The SMILES string of the molecule is CCCCCCCc1ccc(-c2cnc([C@H]3CC[C@H](CCCC)CC3)nc2F)cc1. The summed E-state index contributed by atoms with van der Waals surface area (Å²) in [5, 5.41) is 0. The molecule has 1 saturated carbocycles. The molecule has 1 aromatic heterocycles. The highest BCUT2D eigenvalue weighted by atomic mass is 19.1. The van der Waals surface area contributed by atoms with Gasteiger partial charge in [0, 0.05) is 12.1 Å². The molecule has 0 bridgehead atoms. The van der Waals surface area contributed by atoms with E-state index in [-0.39, 0.29) is 5.95 Å². The van der Waals surface area contributed by atoms with Gasteiger partial charge < -0.3 is 0 Å². The van der Waals surface area contributed by atoms with Crippen LogP contribution in [0, 0.1) is 11.9 Å². The highest BCUT2D eigenvalue weighted by Gasteiger charge is 2.24. The average molecular weight is 411 g/mol. The van der Waals surface area contributed by atoms with Gasteiger partial charge in [-0.1, -0.05) is 83.1 Å². The highest BCUT2D eigenvalue weighted by Crippen LogP contribution is 2.37. The molecule has 3 heteroatoms. The molecule has 1 fully saturated rings. The number of unbranched alkanes of at least 4 members (excludes halogenated alkanes) is 5. The lowest BCUT2D eigenvalue weighted by Crippen LogP contribution is -2.16. The molecule has 2 nitrogen and oxygen atoms in total. The first kappa shape index (κ1) is 22.9. The van der Waals surface area contributed by atoms with Gasteiger partial charge >= 0.3 is 0 Å². The third-order valence-corrected chi connectivity index (χ3v) is 6.77. The van der Waals surface area contributed by atoms with Crippen molar-refractivity contribution >= 4 is 0 Å². The van der Waals surface area contributed by atoms with E-state index in [9.17, 15) is 4.39 Å². The van der Waals surface area contributed by atoms with Crippen molar-refractivity contribution in [3.63, 3.8) is 0 Å². The van der Waals surface area contributed by atoms with Crippen molar-refractivity contribution in [2.75, 3.05) is 0 Å². The van der Waals surface area contributed by atoms with Crippen LogP contribution in [-0.4, -0.2) is 9.97 Å². The fourth-order valence-corrected chi connectivity index (χ4v) is 4.75. The zero-order valence-corrected chi connectivity index (χ0v) is 19.0. The third kappa shape index (κ3) is 6.62. The van der Waals surface area contributed by atoms with Crippen molar-refractivity contribution in [1.82, 2.24) is 9.97 Å². The molecule has 2 aromatic rings. The monoisotopic (exact) mass is 410 g/mol. The summed E-state index contributed by atoms with van der Waals surface area (Å²) in [6, 6.07) is 8.28. The number of nitrogens with zero attached hydrogens (tertiary/aromatic N) is 2. The molecule has 1 aliphatic rings. The fourth-order valence-electron chi connectivity index (χ4n) is 4.75. The van der Waals surface area contributed by atoms with E-state index in [1.807, 2.05) is 12.1 Å². The Bertz CT molecular complexity index is 748. The number of hydrogen-bond donors (Lipinski definition) is 0. The summed E-state index contributed by atoms with van der Waals surface area (Å²) in [5.41, 5.74) is 2.72. The van der Waals surface area contributed by atoms with Gasteiger partial charge in [-0.25, -0.2) is 9.97 Å². The largest absolute Gasteiger partial charge is 0.240 e. The molecule has 1 heterocycles. The van der Waals surface area contributed by atoms with E-state index in [2.05, 4.69) is 35.9 Å². The first-order valence-corrected chi connectivity index (χ1v) is 12.3. The maximum Gasteiger partial charge on any atom is 0.224 e. The summed E-state index contributed by atoms with van der Waals surface area (Å²) in [5.74, 6) is 1.49. The van der Waals surface area contributed by atoms with E-state index < -0.39 is 0 Å². The maximum absolute atomic E-state index is 14.8. The topological polar surface area (TPSA) is 25.8 Å². The van der Waals surface area contributed by atoms with Crippen molar-refractivity contribution in [3.8, 4) is 11.1 Å². The highest BCUT2D eigenvalue weighted by molar-refractivity contribution is 5.62. The second-order valence-electron chi connectivity index (χ2n) is 9.15. The first-order valence-electron chi connectivity index (χ1n) is 12.3. The van der Waals surface area contributed by atoms with Crippen LogP contribution in [0.1, 0.15) is 108 Å². The molecule has 0 atom stereocenters. The van der Waals surface area contributed by atoms with E-state index >= 15 is 0 Å². The zero-order chi connectivity index (χ0) is 21.2. The minimum Gasteiger partial charge on any atom is -0.240 e. The molecular weight excluding hydrogens is 371 g/mol. The van der Waals surface area contributed by atoms with Gasteiger partial charge in [0.1, 0.15) is 5.82 Å². The van der Waals surface area contributed by atoms with E-state index in [1.54, 1.807) is 6.20 Å². The van der Waals surface area contributed by atoms with Gasteiger partial charge in [0.25, 0.3) is 0 Å². The lowest BCUT2D eigenvalue weighted by atomic mass is 9.79. The van der Waals surface area contributed by atoms with Gasteiger partial charge in [-0.3, -0.25) is 0 Å². The molecule has 0 saturated heterocycles. The molecule has 3 rings (SSSR count). The third-order valence-electron chi connectivity index (χ3n) is 6.77. The van der Waals surface area contributed by atoms with Crippen molar-refractivity contribution in [3.05, 3.63) is 47.8 Å². The van der Waals surface area contributed by atoms with Crippen molar-refractivity contribution in [2.24, 2.45) is 5.92 Å². The Labute approximate surface area is 182 Å². The molecule has 1 aliphatic carbocycles. The lowest BCUT2D eigenvalue weighted by molar-refractivity contribution is 0.297. The summed E-state index contributed by atoms with van der Waals surface area (Å²) < 4.78 is 14.8. The number of benzene rings is 1. The predicted molar refractivity (Wildman–Crippen MR) is 124 cm³/mol. The Morgan fingerprint density at radius 3 is 2.23 bits per heavy atom. The van der Waals surface area contributed by atoms with Crippen molar-refractivity contribution in [1.29, 1.82) is 0 Å². The van der Waals surface area contributed by atoms with Gasteiger partial charge in [-0.15, -0.1) is 0 Å². The van der Waals surface area contributed by atoms with Crippen LogP contribution in [0.5, 0.6) is 0 Å². The van der Waals surface area contributed by atoms with Crippen LogP contribution in [0.2, 0.25) is 0 Å². The average Bonchev–Trinajstić information content (AvgIpc) is 2.78. The van der Waals surface area contributed by atoms with Crippen LogP contribution in [0.25, 0.3) is 11.1 Å². The zero-order valence-electron chi connectivity index (χ0n) is 19.0. The number of aromatic nitrogens is 2. The van der Waals surface area contributed by atoms with E-state index in [0.29, 0.717) is 17.3 Å². The minimum absolute atomic E-state index is 0.321. The van der Waals surface area contributed by atoms with Gasteiger partial charge in [0.2, 0.25) is 5.95 Å². The summed E-state index contributed by atoms with van der Waals surface area (Å²) >= 11 is 0. The Hall–Kier alpha value is -1.77. The Balaban J connectivity index is 1.55. The van der Waals surface area contributed by atoms with Crippen molar-refractivity contribution in [2.45, 2.75) is 103 Å². The smallest absolute Gasteiger partial charge is 0.224 e. The standard InChI is InChI=1S/C27H39FN2/c1-3-5-7-8-9-11-22-12-16-23(17-13-22)25-20-29-27(30-26(25)28)24-18-14-21(15-19-24)10-6-4-2/h12-13,16-17,20-21,24H,3-11,14-15,18-19H2,1-2H3/t21-,24-. The molecule has 0 spiro atoms. The molecule has 0 amide bonds. The van der Waals surface area contributed by atoms with Crippen LogP contribution < -0.4 is 0 Å². The molecule has 0 aliphatic heterocycles. The van der Waals surface area contributed by atoms with Gasteiger partial charge in [-0.05, 0) is 55.6 Å². The van der Waals surface area contributed by atoms with Crippen LogP contribution >= 0.6 is 0 Å². The van der Waals surface area contributed by atoms with Gasteiger partial charge in [0.15, 0.2) is 0 Å². The number of aryl methyl sites for hydroxylation is 1. The molecule has 0 unspecified atom stereocenters. The van der Waals surface area contributed by atoms with Crippen LogP contribution in [-0.2, 0) is 6.42 Å². The summed E-state index contributed by atoms with van der Waals surface area (Å²) in [6.07, 6.45) is 17.8. The van der Waals surface area contributed by atoms with Crippen LogP contribution in [0.3, 0.4) is 0 Å². The number of hydrogen-bond acceptors (Lipinski definition) is 2. The second-order valence-corrected chi connectivity index (χ2v) is 9.15. The molecular formula is C27H39FN2. The van der Waals surface area contributed by atoms with Crippen LogP contribution in [0.4, 0.5) is 4.39 Å². The number of halogens is 1. The van der Waals surface area contributed by atoms with Gasteiger partial charge in [-0.2, -0.15) is 4.39 Å².